The average molecular weight is 348 g/mol. The summed E-state index contributed by atoms with van der Waals surface area (Å²) in [6.07, 6.45) is 1.89. The quantitative estimate of drug-likeness (QED) is 0.856. The number of carbonyl (C=O) groups is 1. The van der Waals surface area contributed by atoms with Gasteiger partial charge in [0.05, 0.1) is 4.88 Å². The second-order valence-electron chi connectivity index (χ2n) is 6.81. The SMILES string of the molecule is Cc1csc(C(=O)N2CCCC(c3nn(C)c(=O)n3C(C)C)C2)c1. The van der Waals surface area contributed by atoms with E-state index in [-0.39, 0.29) is 23.6 Å². The van der Waals surface area contributed by atoms with E-state index in [9.17, 15) is 9.59 Å². The second kappa shape index (κ2) is 6.55. The molecule has 2 aromatic heterocycles. The smallest absolute Gasteiger partial charge is 0.337 e. The molecule has 1 atom stereocenters. The first-order valence-electron chi connectivity index (χ1n) is 8.38. The Labute approximate surface area is 145 Å². The van der Waals surface area contributed by atoms with Crippen molar-refractivity contribution in [2.75, 3.05) is 13.1 Å². The molecule has 3 heterocycles. The molecule has 0 N–H and O–H groups in total. The number of aryl methyl sites for hydroxylation is 2. The third-order valence-electron chi connectivity index (χ3n) is 4.51. The van der Waals surface area contributed by atoms with Gasteiger partial charge in [0.25, 0.3) is 5.91 Å². The maximum Gasteiger partial charge on any atom is 0.345 e. The Morgan fingerprint density at radius 1 is 1.42 bits per heavy atom. The molecule has 24 heavy (non-hydrogen) atoms. The van der Waals surface area contributed by atoms with Crippen LogP contribution in [0.4, 0.5) is 0 Å². The third kappa shape index (κ3) is 3.05. The number of piperidine rings is 1. The van der Waals surface area contributed by atoms with E-state index in [2.05, 4.69) is 5.10 Å². The number of carbonyl (C=O) groups excluding carboxylic acids is 1. The van der Waals surface area contributed by atoms with E-state index < -0.39 is 0 Å². The highest BCUT2D eigenvalue weighted by Gasteiger charge is 2.30. The lowest BCUT2D eigenvalue weighted by Crippen LogP contribution is -2.40. The van der Waals surface area contributed by atoms with Gasteiger partial charge in [-0.1, -0.05) is 0 Å². The molecule has 0 aromatic carbocycles. The summed E-state index contributed by atoms with van der Waals surface area (Å²) in [6, 6.07) is 2.01. The van der Waals surface area contributed by atoms with E-state index in [1.807, 2.05) is 37.1 Å². The van der Waals surface area contributed by atoms with Crippen molar-refractivity contribution in [3.63, 3.8) is 0 Å². The first kappa shape index (κ1) is 17.0. The molecule has 7 heteroatoms. The molecule has 1 fully saturated rings. The van der Waals surface area contributed by atoms with Gasteiger partial charge in [0.1, 0.15) is 5.82 Å². The summed E-state index contributed by atoms with van der Waals surface area (Å²) in [6.45, 7) is 7.38. The van der Waals surface area contributed by atoms with Crippen molar-refractivity contribution >= 4 is 17.2 Å². The summed E-state index contributed by atoms with van der Waals surface area (Å²) in [5, 5.41) is 6.46. The molecule has 130 valence electrons. The van der Waals surface area contributed by atoms with E-state index in [1.165, 1.54) is 16.0 Å². The van der Waals surface area contributed by atoms with Crippen LogP contribution in [-0.2, 0) is 7.05 Å². The molecule has 1 aliphatic rings. The van der Waals surface area contributed by atoms with Crippen LogP contribution < -0.4 is 5.69 Å². The maximum absolute atomic E-state index is 12.7. The summed E-state index contributed by atoms with van der Waals surface area (Å²) in [5.41, 5.74) is 1.03. The third-order valence-corrected chi connectivity index (χ3v) is 5.55. The lowest BCUT2D eigenvalue weighted by atomic mass is 9.96. The van der Waals surface area contributed by atoms with Crippen LogP contribution in [0.1, 0.15) is 59.7 Å². The molecule has 0 radical (unpaired) electrons. The lowest BCUT2D eigenvalue weighted by molar-refractivity contribution is 0.0707. The fourth-order valence-electron chi connectivity index (χ4n) is 3.33. The molecular weight excluding hydrogens is 324 g/mol. The Bertz CT molecular complexity index is 802. The molecule has 1 amide bonds. The number of thiophene rings is 1. The molecule has 0 saturated carbocycles. The van der Waals surface area contributed by atoms with Gasteiger partial charge in [0.2, 0.25) is 0 Å². The number of nitrogens with zero attached hydrogens (tertiary/aromatic N) is 4. The van der Waals surface area contributed by atoms with E-state index in [0.717, 1.165) is 35.7 Å². The average Bonchev–Trinajstić information content (AvgIpc) is 3.11. The lowest BCUT2D eigenvalue weighted by Gasteiger charge is -2.32. The normalized spacial score (nSPS) is 18.4. The van der Waals surface area contributed by atoms with Gasteiger partial charge in [0.15, 0.2) is 0 Å². The van der Waals surface area contributed by atoms with Crippen LogP contribution in [0.15, 0.2) is 16.2 Å². The fourth-order valence-corrected chi connectivity index (χ4v) is 4.20. The van der Waals surface area contributed by atoms with Gasteiger partial charge in [-0.05, 0) is 50.6 Å². The molecule has 3 rings (SSSR count). The molecule has 1 aliphatic heterocycles. The summed E-state index contributed by atoms with van der Waals surface area (Å²) < 4.78 is 3.16. The Morgan fingerprint density at radius 3 is 2.79 bits per heavy atom. The number of aromatic nitrogens is 3. The van der Waals surface area contributed by atoms with Crippen molar-refractivity contribution in [2.24, 2.45) is 7.05 Å². The molecule has 1 saturated heterocycles. The summed E-state index contributed by atoms with van der Waals surface area (Å²) >= 11 is 1.50. The second-order valence-corrected chi connectivity index (χ2v) is 7.72. The monoisotopic (exact) mass is 348 g/mol. The topological polar surface area (TPSA) is 60.1 Å². The van der Waals surface area contributed by atoms with Gasteiger partial charge >= 0.3 is 5.69 Å². The van der Waals surface area contributed by atoms with Gasteiger partial charge in [-0.15, -0.1) is 11.3 Å². The predicted octanol–water partition coefficient (Wildman–Crippen LogP) is 2.55. The first-order valence-corrected chi connectivity index (χ1v) is 9.26. The van der Waals surface area contributed by atoms with E-state index in [0.29, 0.717) is 6.54 Å². The zero-order chi connectivity index (χ0) is 17.4. The number of amides is 1. The fraction of sp³-hybridized carbons (Fsp3) is 0.588. The maximum atomic E-state index is 12.7. The predicted molar refractivity (Wildman–Crippen MR) is 94.8 cm³/mol. The molecule has 0 bridgehead atoms. The van der Waals surface area contributed by atoms with Crippen molar-refractivity contribution in [3.8, 4) is 0 Å². The minimum absolute atomic E-state index is 0.0622. The van der Waals surface area contributed by atoms with E-state index in [4.69, 9.17) is 0 Å². The van der Waals surface area contributed by atoms with Crippen molar-refractivity contribution in [3.05, 3.63) is 38.2 Å². The number of hydrogen-bond donors (Lipinski definition) is 0. The van der Waals surface area contributed by atoms with Gasteiger partial charge in [0, 0.05) is 32.1 Å². The Morgan fingerprint density at radius 2 is 2.17 bits per heavy atom. The molecule has 0 aliphatic carbocycles. The Balaban J connectivity index is 1.85. The van der Waals surface area contributed by atoms with Crippen LogP contribution in [-0.4, -0.2) is 38.2 Å². The molecule has 1 unspecified atom stereocenters. The van der Waals surface area contributed by atoms with Gasteiger partial charge < -0.3 is 4.90 Å². The van der Waals surface area contributed by atoms with Gasteiger partial charge in [-0.3, -0.25) is 9.36 Å². The molecular formula is C17H24N4O2S. The van der Waals surface area contributed by atoms with Crippen LogP contribution in [0.3, 0.4) is 0 Å². The highest BCUT2D eigenvalue weighted by Crippen LogP contribution is 2.28. The van der Waals surface area contributed by atoms with Crippen molar-refractivity contribution in [2.45, 2.75) is 45.6 Å². The van der Waals surface area contributed by atoms with Crippen LogP contribution >= 0.6 is 11.3 Å². The minimum atomic E-state index is -0.0858. The summed E-state index contributed by atoms with van der Waals surface area (Å²) in [7, 11) is 1.69. The van der Waals surface area contributed by atoms with Crippen LogP contribution in [0, 0.1) is 6.92 Å². The highest BCUT2D eigenvalue weighted by atomic mass is 32.1. The van der Waals surface area contributed by atoms with Crippen molar-refractivity contribution in [1.82, 2.24) is 19.2 Å². The molecule has 6 nitrogen and oxygen atoms in total. The Kier molecular flexibility index (Phi) is 4.62. The van der Waals surface area contributed by atoms with E-state index in [1.54, 1.807) is 11.6 Å². The summed E-state index contributed by atoms with van der Waals surface area (Å²) in [5.74, 6) is 1.00. The zero-order valence-electron chi connectivity index (χ0n) is 14.7. The number of rotatable bonds is 3. The Hall–Kier alpha value is -1.89. The van der Waals surface area contributed by atoms with Crippen LogP contribution in [0.2, 0.25) is 0 Å². The van der Waals surface area contributed by atoms with Crippen LogP contribution in [0.5, 0.6) is 0 Å². The van der Waals surface area contributed by atoms with Crippen LogP contribution in [0.25, 0.3) is 0 Å². The van der Waals surface area contributed by atoms with Crippen molar-refractivity contribution < 1.29 is 4.79 Å². The van der Waals surface area contributed by atoms with E-state index >= 15 is 0 Å². The number of likely N-dealkylation sites (tertiary alicyclic amines) is 1. The van der Waals surface area contributed by atoms with Crippen molar-refractivity contribution in [1.29, 1.82) is 0 Å². The van der Waals surface area contributed by atoms with Gasteiger partial charge in [-0.2, -0.15) is 5.10 Å². The number of hydrogen-bond acceptors (Lipinski definition) is 4. The highest BCUT2D eigenvalue weighted by molar-refractivity contribution is 7.12. The largest absolute Gasteiger partial charge is 0.345 e. The minimum Gasteiger partial charge on any atom is -0.337 e. The summed E-state index contributed by atoms with van der Waals surface area (Å²) in [4.78, 5) is 27.7. The first-order chi connectivity index (χ1) is 11.4. The molecule has 2 aromatic rings. The van der Waals surface area contributed by atoms with Gasteiger partial charge in [-0.25, -0.2) is 9.48 Å². The zero-order valence-corrected chi connectivity index (χ0v) is 15.5. The standard InChI is InChI=1S/C17H24N4O2S/c1-11(2)21-15(18-19(4)17(21)23)13-6-5-7-20(9-13)16(22)14-8-12(3)10-24-14/h8,10-11,13H,5-7,9H2,1-4H3. The molecule has 0 spiro atoms.